The number of aryl methyl sites for hydroxylation is 1. The average molecular weight is 293 g/mol. The van der Waals surface area contributed by atoms with Crippen LogP contribution in [-0.2, 0) is 0 Å². The minimum atomic E-state index is 0.328. The van der Waals surface area contributed by atoms with Crippen LogP contribution in [0.15, 0.2) is 12.3 Å². The first-order valence-electron chi connectivity index (χ1n) is 7.78. The summed E-state index contributed by atoms with van der Waals surface area (Å²) in [7, 11) is 0. The minimum Gasteiger partial charge on any atom is -0.383 e. The zero-order valence-corrected chi connectivity index (χ0v) is 13.5. The molecule has 1 unspecified atom stereocenters. The number of pyridine rings is 1. The van der Waals surface area contributed by atoms with Crippen molar-refractivity contribution in [2.75, 3.05) is 18.0 Å². The molecule has 3 nitrogen and oxygen atoms in total. The van der Waals surface area contributed by atoms with Crippen molar-refractivity contribution in [2.45, 2.75) is 57.2 Å². The van der Waals surface area contributed by atoms with Crippen LogP contribution in [0.4, 0.5) is 5.82 Å². The zero-order valence-electron chi connectivity index (χ0n) is 12.7. The standard InChI is InChI=1S/C16H27N3S/c1-3-9-18-14(11-20-13-6-4-5-7-13)15-12(2)8-10-19-16(15)17/h8,10,13-14,18H,3-7,9,11H2,1-2H3,(H2,17,19). The predicted molar refractivity (Wildman–Crippen MR) is 89.1 cm³/mol. The highest BCUT2D eigenvalue weighted by atomic mass is 32.2. The molecule has 112 valence electrons. The Kier molecular flexibility index (Phi) is 6.17. The Balaban J connectivity index is 2.05. The summed E-state index contributed by atoms with van der Waals surface area (Å²) < 4.78 is 0. The first-order chi connectivity index (χ1) is 9.72. The van der Waals surface area contributed by atoms with Crippen molar-refractivity contribution in [3.8, 4) is 0 Å². The van der Waals surface area contributed by atoms with Crippen LogP contribution in [0.1, 0.15) is 56.2 Å². The molecule has 0 saturated heterocycles. The monoisotopic (exact) mass is 293 g/mol. The van der Waals surface area contributed by atoms with Gasteiger partial charge in [0.1, 0.15) is 5.82 Å². The highest BCUT2D eigenvalue weighted by molar-refractivity contribution is 7.99. The van der Waals surface area contributed by atoms with E-state index in [1.54, 1.807) is 6.20 Å². The van der Waals surface area contributed by atoms with E-state index in [-0.39, 0.29) is 0 Å². The van der Waals surface area contributed by atoms with E-state index in [2.05, 4.69) is 42.0 Å². The smallest absolute Gasteiger partial charge is 0.128 e. The molecule has 4 heteroatoms. The molecule has 3 N–H and O–H groups in total. The molecule has 1 heterocycles. The molecule has 0 bridgehead atoms. The second kappa shape index (κ2) is 7.89. The second-order valence-electron chi connectivity index (χ2n) is 5.67. The fourth-order valence-corrected chi connectivity index (χ4v) is 4.31. The van der Waals surface area contributed by atoms with Gasteiger partial charge in [0.05, 0.1) is 0 Å². The zero-order chi connectivity index (χ0) is 14.4. The molecular formula is C16H27N3S. The molecule has 0 radical (unpaired) electrons. The van der Waals surface area contributed by atoms with Crippen LogP contribution in [0, 0.1) is 6.92 Å². The fourth-order valence-electron chi connectivity index (χ4n) is 2.89. The van der Waals surface area contributed by atoms with Gasteiger partial charge in [0, 0.05) is 28.8 Å². The number of thioether (sulfide) groups is 1. The van der Waals surface area contributed by atoms with Crippen LogP contribution >= 0.6 is 11.8 Å². The summed E-state index contributed by atoms with van der Waals surface area (Å²) in [5.74, 6) is 1.78. The van der Waals surface area contributed by atoms with Gasteiger partial charge >= 0.3 is 0 Å². The van der Waals surface area contributed by atoms with Crippen molar-refractivity contribution in [1.29, 1.82) is 0 Å². The van der Waals surface area contributed by atoms with E-state index < -0.39 is 0 Å². The number of nitrogens with one attached hydrogen (secondary N) is 1. The van der Waals surface area contributed by atoms with E-state index in [4.69, 9.17) is 5.73 Å². The van der Waals surface area contributed by atoms with Gasteiger partial charge in [-0.3, -0.25) is 0 Å². The number of anilines is 1. The van der Waals surface area contributed by atoms with Gasteiger partial charge in [0.15, 0.2) is 0 Å². The van der Waals surface area contributed by atoms with Crippen molar-refractivity contribution in [2.24, 2.45) is 0 Å². The number of nitrogen functional groups attached to an aromatic ring is 1. The predicted octanol–water partition coefficient (Wildman–Crippen LogP) is 3.69. The van der Waals surface area contributed by atoms with Crippen molar-refractivity contribution in [3.63, 3.8) is 0 Å². The van der Waals surface area contributed by atoms with E-state index >= 15 is 0 Å². The topological polar surface area (TPSA) is 50.9 Å². The Morgan fingerprint density at radius 2 is 2.20 bits per heavy atom. The van der Waals surface area contributed by atoms with Gasteiger partial charge in [-0.25, -0.2) is 4.98 Å². The van der Waals surface area contributed by atoms with Gasteiger partial charge < -0.3 is 11.1 Å². The molecule has 0 amide bonds. The van der Waals surface area contributed by atoms with Gasteiger partial charge in [-0.1, -0.05) is 19.8 Å². The summed E-state index contributed by atoms with van der Waals surface area (Å²) in [5, 5.41) is 4.50. The third kappa shape index (κ3) is 4.13. The molecule has 1 aromatic rings. The first kappa shape index (κ1) is 15.6. The van der Waals surface area contributed by atoms with Crippen LogP contribution in [0.3, 0.4) is 0 Å². The lowest BCUT2D eigenvalue weighted by molar-refractivity contribution is 0.574. The Labute approximate surface area is 127 Å². The van der Waals surface area contributed by atoms with E-state index in [9.17, 15) is 0 Å². The third-order valence-electron chi connectivity index (χ3n) is 4.03. The van der Waals surface area contributed by atoms with E-state index in [1.165, 1.54) is 36.8 Å². The maximum Gasteiger partial charge on any atom is 0.128 e. The Hall–Kier alpha value is -0.740. The second-order valence-corrected chi connectivity index (χ2v) is 7.01. The number of hydrogen-bond acceptors (Lipinski definition) is 4. The lowest BCUT2D eigenvalue weighted by Gasteiger charge is -2.23. The number of hydrogen-bond donors (Lipinski definition) is 2. The van der Waals surface area contributed by atoms with Crippen LogP contribution < -0.4 is 11.1 Å². The van der Waals surface area contributed by atoms with Gasteiger partial charge in [0.2, 0.25) is 0 Å². The molecule has 0 spiro atoms. The van der Waals surface area contributed by atoms with E-state index in [0.717, 1.165) is 24.0 Å². The first-order valence-corrected chi connectivity index (χ1v) is 8.83. The number of nitrogens with zero attached hydrogens (tertiary/aromatic N) is 1. The molecule has 1 saturated carbocycles. The summed E-state index contributed by atoms with van der Waals surface area (Å²) in [6.45, 7) is 5.37. The van der Waals surface area contributed by atoms with Crippen molar-refractivity contribution < 1.29 is 0 Å². The van der Waals surface area contributed by atoms with E-state index in [0.29, 0.717) is 11.9 Å². The quantitative estimate of drug-likeness (QED) is 0.805. The van der Waals surface area contributed by atoms with Gasteiger partial charge in [-0.05, 0) is 44.4 Å². The number of rotatable bonds is 7. The molecule has 0 aromatic carbocycles. The van der Waals surface area contributed by atoms with Crippen LogP contribution in [-0.4, -0.2) is 22.5 Å². The molecule has 1 aliphatic carbocycles. The average Bonchev–Trinajstić information content (AvgIpc) is 2.94. The molecule has 1 atom stereocenters. The SMILES string of the molecule is CCCNC(CSC1CCCC1)c1c(C)ccnc1N. The van der Waals surface area contributed by atoms with Gasteiger partial charge in [-0.2, -0.15) is 11.8 Å². The third-order valence-corrected chi connectivity index (χ3v) is 5.50. The van der Waals surface area contributed by atoms with Crippen molar-refractivity contribution in [1.82, 2.24) is 10.3 Å². The molecule has 2 rings (SSSR count). The molecular weight excluding hydrogens is 266 g/mol. The fraction of sp³-hybridized carbons (Fsp3) is 0.688. The normalized spacial score (nSPS) is 17.5. The lowest BCUT2D eigenvalue weighted by atomic mass is 10.0. The molecule has 1 aromatic heterocycles. The number of aromatic nitrogens is 1. The van der Waals surface area contributed by atoms with E-state index in [1.807, 2.05) is 0 Å². The summed E-state index contributed by atoms with van der Waals surface area (Å²) in [6, 6.07) is 2.39. The van der Waals surface area contributed by atoms with Gasteiger partial charge in [-0.15, -0.1) is 0 Å². The van der Waals surface area contributed by atoms with Crippen molar-refractivity contribution in [3.05, 3.63) is 23.4 Å². The Morgan fingerprint density at radius 1 is 1.45 bits per heavy atom. The maximum absolute atomic E-state index is 6.12. The lowest BCUT2D eigenvalue weighted by Crippen LogP contribution is -2.26. The van der Waals surface area contributed by atoms with Crippen LogP contribution in [0.2, 0.25) is 0 Å². The van der Waals surface area contributed by atoms with Crippen molar-refractivity contribution >= 4 is 17.6 Å². The highest BCUT2D eigenvalue weighted by Crippen LogP contribution is 2.33. The summed E-state index contributed by atoms with van der Waals surface area (Å²) in [4.78, 5) is 4.28. The Bertz CT molecular complexity index is 396. The highest BCUT2D eigenvalue weighted by Gasteiger charge is 2.21. The summed E-state index contributed by atoms with van der Waals surface area (Å²) in [5.41, 5.74) is 8.57. The molecule has 1 aliphatic rings. The number of nitrogens with two attached hydrogens (primary N) is 1. The van der Waals surface area contributed by atoms with Gasteiger partial charge in [0.25, 0.3) is 0 Å². The summed E-state index contributed by atoms with van der Waals surface area (Å²) >= 11 is 2.11. The molecule has 20 heavy (non-hydrogen) atoms. The Morgan fingerprint density at radius 3 is 2.85 bits per heavy atom. The molecule has 0 aliphatic heterocycles. The van der Waals surface area contributed by atoms with Crippen LogP contribution in [0.25, 0.3) is 0 Å². The summed E-state index contributed by atoms with van der Waals surface area (Å²) in [6.07, 6.45) is 8.51. The largest absolute Gasteiger partial charge is 0.383 e. The minimum absolute atomic E-state index is 0.328. The van der Waals surface area contributed by atoms with Crippen LogP contribution in [0.5, 0.6) is 0 Å². The molecule has 1 fully saturated rings. The maximum atomic E-state index is 6.12.